The third kappa shape index (κ3) is 4.11. The first-order valence-electron chi connectivity index (χ1n) is 9.64. The molecule has 0 unspecified atom stereocenters. The SMILES string of the molecule is CC(C)n1cc(-c2ccnc(Nc3cc(C(=O)O)cc(C(F)(F)F)c3)n2)c2ccncc21. The van der Waals surface area contributed by atoms with E-state index in [2.05, 4.69) is 24.8 Å². The van der Waals surface area contributed by atoms with Crippen LogP contribution in [0, 0.1) is 0 Å². The fourth-order valence-corrected chi connectivity index (χ4v) is 3.41. The summed E-state index contributed by atoms with van der Waals surface area (Å²) in [6.45, 7) is 4.08. The highest BCUT2D eigenvalue weighted by atomic mass is 19.4. The predicted octanol–water partition coefficient (Wildman–Crippen LogP) is 5.53. The number of rotatable bonds is 5. The lowest BCUT2D eigenvalue weighted by Crippen LogP contribution is -2.09. The van der Waals surface area contributed by atoms with Gasteiger partial charge in [0, 0.05) is 41.3 Å². The molecule has 2 N–H and O–H groups in total. The third-order valence-electron chi connectivity index (χ3n) is 4.89. The van der Waals surface area contributed by atoms with E-state index < -0.39 is 23.3 Å². The van der Waals surface area contributed by atoms with Crippen LogP contribution >= 0.6 is 0 Å². The van der Waals surface area contributed by atoms with Crippen LogP contribution in [0.2, 0.25) is 0 Å². The maximum absolute atomic E-state index is 13.2. The smallest absolute Gasteiger partial charge is 0.416 e. The lowest BCUT2D eigenvalue weighted by atomic mass is 10.1. The number of hydrogen-bond donors (Lipinski definition) is 2. The van der Waals surface area contributed by atoms with Gasteiger partial charge in [-0.25, -0.2) is 14.8 Å². The molecule has 0 saturated carbocycles. The van der Waals surface area contributed by atoms with Crippen LogP contribution in [0.25, 0.3) is 22.2 Å². The summed E-state index contributed by atoms with van der Waals surface area (Å²) in [6.07, 6.45) is 2.16. The average Bonchev–Trinajstić information content (AvgIpc) is 3.13. The van der Waals surface area contributed by atoms with Crippen molar-refractivity contribution < 1.29 is 23.1 Å². The summed E-state index contributed by atoms with van der Waals surface area (Å²) >= 11 is 0. The van der Waals surface area contributed by atoms with Crippen molar-refractivity contribution >= 4 is 28.5 Å². The quantitative estimate of drug-likeness (QED) is 0.423. The topological polar surface area (TPSA) is 92.9 Å². The van der Waals surface area contributed by atoms with Gasteiger partial charge in [0.25, 0.3) is 0 Å². The third-order valence-corrected chi connectivity index (χ3v) is 4.89. The van der Waals surface area contributed by atoms with Crippen LogP contribution in [-0.2, 0) is 6.18 Å². The number of nitrogens with zero attached hydrogens (tertiary/aromatic N) is 4. The monoisotopic (exact) mass is 441 g/mol. The second-order valence-electron chi connectivity index (χ2n) is 7.43. The molecule has 0 atom stereocenters. The van der Waals surface area contributed by atoms with E-state index in [1.54, 1.807) is 18.5 Å². The minimum absolute atomic E-state index is 0.0395. The molecule has 0 radical (unpaired) electrons. The Hall–Kier alpha value is -3.95. The molecule has 0 spiro atoms. The van der Waals surface area contributed by atoms with Crippen LogP contribution in [-0.4, -0.2) is 30.6 Å². The molecule has 0 aliphatic carbocycles. The summed E-state index contributed by atoms with van der Waals surface area (Å²) in [4.78, 5) is 24.0. The van der Waals surface area contributed by atoms with E-state index in [9.17, 15) is 23.1 Å². The van der Waals surface area contributed by atoms with Crippen molar-refractivity contribution in [2.45, 2.75) is 26.1 Å². The van der Waals surface area contributed by atoms with Gasteiger partial charge in [-0.05, 0) is 44.2 Å². The van der Waals surface area contributed by atoms with Crippen LogP contribution in [0.4, 0.5) is 24.8 Å². The minimum Gasteiger partial charge on any atom is -0.478 e. The lowest BCUT2D eigenvalue weighted by Gasteiger charge is -2.12. The average molecular weight is 441 g/mol. The van der Waals surface area contributed by atoms with Crippen molar-refractivity contribution in [1.82, 2.24) is 19.5 Å². The maximum atomic E-state index is 13.2. The molecule has 1 aromatic carbocycles. The summed E-state index contributed by atoms with van der Waals surface area (Å²) in [5.41, 5.74) is 0.646. The number of hydrogen-bond acceptors (Lipinski definition) is 5. The van der Waals surface area contributed by atoms with Gasteiger partial charge in [-0.1, -0.05) is 0 Å². The van der Waals surface area contributed by atoms with Gasteiger partial charge in [-0.2, -0.15) is 13.2 Å². The fraction of sp³-hybridized carbons (Fsp3) is 0.182. The number of nitrogens with one attached hydrogen (secondary N) is 1. The van der Waals surface area contributed by atoms with Crippen molar-refractivity contribution in [3.8, 4) is 11.3 Å². The van der Waals surface area contributed by atoms with Crippen molar-refractivity contribution in [2.75, 3.05) is 5.32 Å². The molecule has 32 heavy (non-hydrogen) atoms. The van der Waals surface area contributed by atoms with Crippen LogP contribution in [0.1, 0.15) is 35.8 Å². The van der Waals surface area contributed by atoms with Gasteiger partial charge < -0.3 is 15.0 Å². The molecule has 0 bridgehead atoms. The number of benzene rings is 1. The Bertz CT molecular complexity index is 1310. The second-order valence-corrected chi connectivity index (χ2v) is 7.43. The van der Waals surface area contributed by atoms with Crippen LogP contribution in [0.5, 0.6) is 0 Å². The van der Waals surface area contributed by atoms with Gasteiger partial charge in [0.05, 0.1) is 28.5 Å². The number of anilines is 2. The molecule has 4 aromatic rings. The Morgan fingerprint density at radius 3 is 2.62 bits per heavy atom. The van der Waals surface area contributed by atoms with Crippen LogP contribution in [0.15, 0.2) is 55.1 Å². The van der Waals surface area contributed by atoms with Crippen LogP contribution in [0.3, 0.4) is 0 Å². The van der Waals surface area contributed by atoms with Gasteiger partial charge in [-0.3, -0.25) is 4.98 Å². The highest BCUT2D eigenvalue weighted by Crippen LogP contribution is 2.34. The first-order valence-corrected chi connectivity index (χ1v) is 9.64. The zero-order valence-corrected chi connectivity index (χ0v) is 17.1. The van der Waals surface area contributed by atoms with Crippen molar-refractivity contribution in [2.24, 2.45) is 0 Å². The van der Waals surface area contributed by atoms with Gasteiger partial charge in [-0.15, -0.1) is 0 Å². The molecule has 7 nitrogen and oxygen atoms in total. The van der Waals surface area contributed by atoms with E-state index in [1.807, 2.05) is 26.1 Å². The highest BCUT2D eigenvalue weighted by Gasteiger charge is 2.32. The van der Waals surface area contributed by atoms with Crippen molar-refractivity contribution in [3.05, 3.63) is 66.2 Å². The zero-order valence-electron chi connectivity index (χ0n) is 17.1. The van der Waals surface area contributed by atoms with Gasteiger partial charge in [0.2, 0.25) is 5.95 Å². The minimum atomic E-state index is -4.70. The Morgan fingerprint density at radius 2 is 1.94 bits per heavy atom. The van der Waals surface area contributed by atoms with E-state index >= 15 is 0 Å². The molecular formula is C22H18F3N5O2. The first-order chi connectivity index (χ1) is 15.1. The van der Waals surface area contributed by atoms with E-state index in [-0.39, 0.29) is 17.7 Å². The number of aromatic carboxylic acids is 1. The number of fused-ring (bicyclic) bond motifs is 1. The molecule has 0 aliphatic rings. The number of aromatic nitrogens is 4. The molecule has 0 saturated heterocycles. The number of carbonyl (C=O) groups is 1. The Kier molecular flexibility index (Phi) is 5.29. The molecule has 3 heterocycles. The van der Waals surface area contributed by atoms with E-state index in [1.165, 1.54) is 6.20 Å². The summed E-state index contributed by atoms with van der Waals surface area (Å²) in [5.74, 6) is -1.43. The van der Waals surface area contributed by atoms with Gasteiger partial charge in [0.1, 0.15) is 0 Å². The molecule has 0 aliphatic heterocycles. The maximum Gasteiger partial charge on any atom is 0.416 e. The zero-order chi connectivity index (χ0) is 23.0. The van der Waals surface area contributed by atoms with E-state index in [0.717, 1.165) is 28.6 Å². The molecule has 164 valence electrons. The Morgan fingerprint density at radius 1 is 1.16 bits per heavy atom. The van der Waals surface area contributed by atoms with Crippen molar-refractivity contribution in [3.63, 3.8) is 0 Å². The number of carboxylic acid groups (broad SMARTS) is 1. The van der Waals surface area contributed by atoms with E-state index in [0.29, 0.717) is 11.8 Å². The molecular weight excluding hydrogens is 423 g/mol. The summed E-state index contributed by atoms with van der Waals surface area (Å²) in [6, 6.07) is 6.24. The standard InChI is InChI=1S/C22H18F3N5O2/c1-12(2)30-11-17(16-3-5-26-10-19(16)30)18-4-6-27-21(29-18)28-15-8-13(20(31)32)7-14(9-15)22(23,24)25/h3-12H,1-2H3,(H,31,32)(H,27,28,29). The van der Waals surface area contributed by atoms with Gasteiger partial charge in [0.15, 0.2) is 0 Å². The number of carboxylic acids is 1. The number of alkyl halides is 3. The summed E-state index contributed by atoms with van der Waals surface area (Å²) in [7, 11) is 0. The summed E-state index contributed by atoms with van der Waals surface area (Å²) < 4.78 is 41.6. The number of pyridine rings is 1. The first kappa shape index (κ1) is 21.3. The summed E-state index contributed by atoms with van der Waals surface area (Å²) in [5, 5.41) is 12.8. The van der Waals surface area contributed by atoms with Crippen molar-refractivity contribution in [1.29, 1.82) is 0 Å². The Balaban J connectivity index is 1.75. The van der Waals surface area contributed by atoms with Gasteiger partial charge >= 0.3 is 12.1 Å². The van der Waals surface area contributed by atoms with E-state index in [4.69, 9.17) is 0 Å². The molecule has 3 aromatic heterocycles. The molecule has 4 rings (SSSR count). The number of halogens is 3. The second kappa shape index (κ2) is 7.95. The Labute approximate surface area is 180 Å². The molecule has 0 amide bonds. The normalized spacial score (nSPS) is 11.8. The highest BCUT2D eigenvalue weighted by molar-refractivity contribution is 5.95. The van der Waals surface area contributed by atoms with Crippen LogP contribution < -0.4 is 5.32 Å². The fourth-order valence-electron chi connectivity index (χ4n) is 3.41. The lowest BCUT2D eigenvalue weighted by molar-refractivity contribution is -0.137. The predicted molar refractivity (Wildman–Crippen MR) is 113 cm³/mol. The largest absolute Gasteiger partial charge is 0.478 e. The molecule has 0 fully saturated rings. The molecule has 10 heteroatoms.